The van der Waals surface area contributed by atoms with Crippen LogP contribution in [0, 0.1) is 12.7 Å². The zero-order valence-corrected chi connectivity index (χ0v) is 11.0. The van der Waals surface area contributed by atoms with Crippen LogP contribution >= 0.6 is 0 Å². The quantitative estimate of drug-likeness (QED) is 0.819. The Morgan fingerprint density at radius 1 is 1.39 bits per heavy atom. The van der Waals surface area contributed by atoms with Crippen molar-refractivity contribution in [3.63, 3.8) is 0 Å². The minimum atomic E-state index is -0.141. The first-order chi connectivity index (χ1) is 8.66. The van der Waals surface area contributed by atoms with Gasteiger partial charge in [-0.05, 0) is 31.2 Å². The van der Waals surface area contributed by atoms with Crippen molar-refractivity contribution in [2.45, 2.75) is 19.6 Å². The third kappa shape index (κ3) is 3.51. The molecule has 1 aromatic rings. The largest absolute Gasteiger partial charge is 0.376 e. The Labute approximate surface area is 107 Å². The first kappa shape index (κ1) is 13.5. The molecule has 0 N–H and O–H groups in total. The number of rotatable bonds is 4. The topological polar surface area (TPSA) is 21.7 Å². The Kier molecular flexibility index (Phi) is 4.69. The highest BCUT2D eigenvalue weighted by molar-refractivity contribution is 5.27. The van der Waals surface area contributed by atoms with E-state index in [4.69, 9.17) is 9.47 Å². The molecule has 0 unspecified atom stereocenters. The third-order valence-corrected chi connectivity index (χ3v) is 3.22. The molecule has 2 rings (SSSR count). The van der Waals surface area contributed by atoms with Gasteiger partial charge in [0.25, 0.3) is 0 Å². The Morgan fingerprint density at radius 2 is 2.22 bits per heavy atom. The number of ether oxygens (including phenoxy) is 2. The van der Waals surface area contributed by atoms with E-state index < -0.39 is 0 Å². The number of likely N-dealkylation sites (N-methyl/N-ethyl adjacent to an activating group) is 1. The minimum Gasteiger partial charge on any atom is -0.376 e. The number of halogens is 1. The molecule has 0 aromatic heterocycles. The van der Waals surface area contributed by atoms with Crippen molar-refractivity contribution in [1.82, 2.24) is 4.90 Å². The maximum absolute atomic E-state index is 13.4. The van der Waals surface area contributed by atoms with E-state index >= 15 is 0 Å². The summed E-state index contributed by atoms with van der Waals surface area (Å²) in [5.74, 6) is -0.141. The van der Waals surface area contributed by atoms with Crippen molar-refractivity contribution in [2.24, 2.45) is 0 Å². The molecule has 0 aliphatic carbocycles. The molecule has 3 nitrogen and oxygen atoms in total. The molecule has 4 heteroatoms. The fraction of sp³-hybridized carbons (Fsp3) is 0.571. The van der Waals surface area contributed by atoms with Crippen LogP contribution in [0.2, 0.25) is 0 Å². The summed E-state index contributed by atoms with van der Waals surface area (Å²) >= 11 is 0. The van der Waals surface area contributed by atoms with Crippen LogP contribution in [-0.2, 0) is 16.0 Å². The van der Waals surface area contributed by atoms with Crippen molar-refractivity contribution in [1.29, 1.82) is 0 Å². The highest BCUT2D eigenvalue weighted by atomic mass is 19.1. The Balaban J connectivity index is 1.90. The van der Waals surface area contributed by atoms with Crippen molar-refractivity contribution >= 4 is 0 Å². The summed E-state index contributed by atoms with van der Waals surface area (Å²) in [7, 11) is 2.02. The van der Waals surface area contributed by atoms with Crippen LogP contribution in [0.5, 0.6) is 0 Å². The summed E-state index contributed by atoms with van der Waals surface area (Å²) in [5.41, 5.74) is 1.75. The molecule has 0 spiro atoms. The summed E-state index contributed by atoms with van der Waals surface area (Å²) in [4.78, 5) is 2.14. The number of hydrogen-bond donors (Lipinski definition) is 0. The van der Waals surface area contributed by atoms with Crippen LogP contribution in [0.15, 0.2) is 18.2 Å². The van der Waals surface area contributed by atoms with Gasteiger partial charge in [0.05, 0.1) is 25.9 Å². The predicted octanol–water partition coefficient (Wildman–Crippen LogP) is 1.98. The second-order valence-electron chi connectivity index (χ2n) is 4.79. The molecular weight excluding hydrogens is 233 g/mol. The summed E-state index contributed by atoms with van der Waals surface area (Å²) in [5, 5.41) is 0. The van der Waals surface area contributed by atoms with Crippen molar-refractivity contribution in [2.75, 3.05) is 33.4 Å². The highest BCUT2D eigenvalue weighted by Crippen LogP contribution is 2.14. The molecule has 18 heavy (non-hydrogen) atoms. The van der Waals surface area contributed by atoms with Gasteiger partial charge in [-0.2, -0.15) is 0 Å². The smallest absolute Gasteiger partial charge is 0.126 e. The average molecular weight is 253 g/mol. The molecule has 1 aliphatic rings. The molecule has 0 amide bonds. The molecule has 0 radical (unpaired) electrons. The van der Waals surface area contributed by atoms with E-state index in [1.165, 1.54) is 6.07 Å². The lowest BCUT2D eigenvalue weighted by Gasteiger charge is -2.27. The maximum atomic E-state index is 13.4. The minimum absolute atomic E-state index is 0.123. The SMILES string of the molecule is Cc1c(F)cccc1CN(C)C[C@H]1COCCO1. The van der Waals surface area contributed by atoms with Crippen molar-refractivity contribution < 1.29 is 13.9 Å². The predicted molar refractivity (Wildman–Crippen MR) is 68.0 cm³/mol. The van der Waals surface area contributed by atoms with Crippen LogP contribution < -0.4 is 0 Å². The molecule has 1 heterocycles. The zero-order chi connectivity index (χ0) is 13.0. The van der Waals surface area contributed by atoms with Gasteiger partial charge in [0.2, 0.25) is 0 Å². The van der Waals surface area contributed by atoms with Crippen molar-refractivity contribution in [3.05, 3.63) is 35.1 Å². The third-order valence-electron chi connectivity index (χ3n) is 3.22. The van der Waals surface area contributed by atoms with Gasteiger partial charge in [0.15, 0.2) is 0 Å². The van der Waals surface area contributed by atoms with E-state index in [2.05, 4.69) is 4.90 Å². The zero-order valence-electron chi connectivity index (χ0n) is 11.0. The lowest BCUT2D eigenvalue weighted by atomic mass is 10.1. The lowest BCUT2D eigenvalue weighted by Crippen LogP contribution is -2.38. The molecule has 1 aromatic carbocycles. The van der Waals surface area contributed by atoms with Gasteiger partial charge in [-0.1, -0.05) is 12.1 Å². The molecule has 1 fully saturated rings. The van der Waals surface area contributed by atoms with E-state index in [0.717, 1.165) is 24.2 Å². The van der Waals surface area contributed by atoms with Crippen LogP contribution in [0.3, 0.4) is 0 Å². The first-order valence-corrected chi connectivity index (χ1v) is 6.28. The van der Waals surface area contributed by atoms with Gasteiger partial charge in [0.1, 0.15) is 5.82 Å². The Morgan fingerprint density at radius 3 is 2.94 bits per heavy atom. The molecule has 1 atom stereocenters. The van der Waals surface area contributed by atoms with Crippen LogP contribution in [-0.4, -0.2) is 44.4 Å². The monoisotopic (exact) mass is 253 g/mol. The highest BCUT2D eigenvalue weighted by Gasteiger charge is 2.17. The molecular formula is C14H20FNO2. The summed E-state index contributed by atoms with van der Waals surface area (Å²) in [6.45, 7) is 5.34. The second kappa shape index (κ2) is 6.27. The Bertz CT molecular complexity index is 391. The fourth-order valence-corrected chi connectivity index (χ4v) is 2.17. The molecule has 1 saturated heterocycles. The molecule has 0 saturated carbocycles. The van der Waals surface area contributed by atoms with E-state index in [1.807, 2.05) is 20.0 Å². The van der Waals surface area contributed by atoms with Gasteiger partial charge >= 0.3 is 0 Å². The average Bonchev–Trinajstić information content (AvgIpc) is 2.36. The number of benzene rings is 1. The van der Waals surface area contributed by atoms with Gasteiger partial charge in [-0.15, -0.1) is 0 Å². The fourth-order valence-electron chi connectivity index (χ4n) is 2.17. The van der Waals surface area contributed by atoms with Gasteiger partial charge in [-0.25, -0.2) is 4.39 Å². The molecule has 100 valence electrons. The van der Waals surface area contributed by atoms with Crippen LogP contribution in [0.4, 0.5) is 4.39 Å². The van der Waals surface area contributed by atoms with Crippen molar-refractivity contribution in [3.8, 4) is 0 Å². The standard InChI is InChI=1S/C14H20FNO2/c1-11-12(4-3-5-14(11)15)8-16(2)9-13-10-17-6-7-18-13/h3-5,13H,6-10H2,1-2H3/t13-/m0/s1. The number of hydrogen-bond acceptors (Lipinski definition) is 3. The first-order valence-electron chi connectivity index (χ1n) is 6.28. The summed E-state index contributed by atoms with van der Waals surface area (Å²) in [6, 6.07) is 5.22. The second-order valence-corrected chi connectivity index (χ2v) is 4.79. The lowest BCUT2D eigenvalue weighted by molar-refractivity contribution is -0.0963. The Hall–Kier alpha value is -0.970. The van der Waals surface area contributed by atoms with Gasteiger partial charge < -0.3 is 9.47 Å². The maximum Gasteiger partial charge on any atom is 0.126 e. The van der Waals surface area contributed by atoms with E-state index in [1.54, 1.807) is 6.07 Å². The van der Waals surface area contributed by atoms with E-state index in [0.29, 0.717) is 19.8 Å². The van der Waals surface area contributed by atoms with Crippen LogP contribution in [0.25, 0.3) is 0 Å². The molecule has 0 bridgehead atoms. The van der Waals surface area contributed by atoms with Crippen LogP contribution in [0.1, 0.15) is 11.1 Å². The van der Waals surface area contributed by atoms with E-state index in [9.17, 15) is 4.39 Å². The van der Waals surface area contributed by atoms with E-state index in [-0.39, 0.29) is 11.9 Å². The molecule has 1 aliphatic heterocycles. The van der Waals surface area contributed by atoms with Gasteiger partial charge in [0, 0.05) is 13.1 Å². The normalized spacial score (nSPS) is 20.3. The summed E-state index contributed by atoms with van der Waals surface area (Å²) in [6.07, 6.45) is 0.123. The van der Waals surface area contributed by atoms with Gasteiger partial charge in [-0.3, -0.25) is 4.90 Å². The number of nitrogens with zero attached hydrogens (tertiary/aromatic N) is 1. The summed E-state index contributed by atoms with van der Waals surface area (Å²) < 4.78 is 24.4.